The molecule has 0 spiro atoms. The molecule has 0 radical (unpaired) electrons. The summed E-state index contributed by atoms with van der Waals surface area (Å²) in [6.07, 6.45) is 10.2. The zero-order chi connectivity index (χ0) is 12.4. The Morgan fingerprint density at radius 1 is 1.33 bits per heavy atom. The van der Waals surface area contributed by atoms with Crippen molar-refractivity contribution in [3.8, 4) is 0 Å². The minimum Gasteiger partial charge on any atom is -0.464 e. The molecule has 0 aliphatic heterocycles. The maximum absolute atomic E-state index is 5.40. The number of rotatable bonds is 4. The number of hydrogen-bond acceptors (Lipinski definition) is 3. The lowest BCUT2D eigenvalue weighted by molar-refractivity contribution is 0.306. The van der Waals surface area contributed by atoms with Gasteiger partial charge in [0.2, 0.25) is 0 Å². The second-order valence-electron chi connectivity index (χ2n) is 5.41. The van der Waals surface area contributed by atoms with E-state index >= 15 is 0 Å². The number of nitrogens with zero attached hydrogens (tertiary/aromatic N) is 1. The van der Waals surface area contributed by atoms with Gasteiger partial charge in [0.1, 0.15) is 11.4 Å². The molecule has 2 aromatic rings. The third-order valence-electron chi connectivity index (χ3n) is 4.42. The zero-order valence-corrected chi connectivity index (χ0v) is 10.9. The first-order valence-electron chi connectivity index (χ1n) is 6.89. The molecule has 1 aliphatic carbocycles. The average Bonchev–Trinajstić information content (AvgIpc) is 3.06. The summed E-state index contributed by atoms with van der Waals surface area (Å²) < 4.78 is 5.40. The predicted molar refractivity (Wildman–Crippen MR) is 73.7 cm³/mol. The van der Waals surface area contributed by atoms with Crippen LogP contribution >= 0.6 is 0 Å². The van der Waals surface area contributed by atoms with E-state index in [9.17, 15) is 0 Å². The number of fused-ring (bicyclic) bond motifs is 1. The zero-order valence-electron chi connectivity index (χ0n) is 10.9. The molecule has 0 saturated heterocycles. The van der Waals surface area contributed by atoms with Crippen molar-refractivity contribution in [3.63, 3.8) is 0 Å². The van der Waals surface area contributed by atoms with Crippen LogP contribution in [0.2, 0.25) is 0 Å². The number of anilines is 1. The van der Waals surface area contributed by atoms with Gasteiger partial charge in [0.05, 0.1) is 11.6 Å². The fraction of sp³-hybridized carbons (Fsp3) is 0.533. The van der Waals surface area contributed by atoms with Crippen LogP contribution in [0, 0.1) is 5.41 Å². The second kappa shape index (κ2) is 4.63. The van der Waals surface area contributed by atoms with E-state index in [0.717, 1.165) is 23.3 Å². The minimum absolute atomic E-state index is 0.480. The molecule has 1 saturated carbocycles. The van der Waals surface area contributed by atoms with Crippen molar-refractivity contribution in [3.05, 3.63) is 24.6 Å². The predicted octanol–water partition coefficient (Wildman–Crippen LogP) is 4.21. The second-order valence-corrected chi connectivity index (χ2v) is 5.41. The lowest BCUT2D eigenvalue weighted by atomic mass is 9.83. The van der Waals surface area contributed by atoms with Crippen molar-refractivity contribution in [1.82, 2.24) is 4.98 Å². The molecule has 0 bridgehead atoms. The van der Waals surface area contributed by atoms with Gasteiger partial charge in [-0.3, -0.25) is 0 Å². The van der Waals surface area contributed by atoms with Crippen LogP contribution in [-0.2, 0) is 0 Å². The molecule has 0 unspecified atom stereocenters. The summed E-state index contributed by atoms with van der Waals surface area (Å²) in [5.74, 6) is 0.959. The van der Waals surface area contributed by atoms with Gasteiger partial charge in [-0.2, -0.15) is 0 Å². The SMILES string of the molecule is CCC1(CNc2nccc3occc23)CCCC1. The Morgan fingerprint density at radius 3 is 2.94 bits per heavy atom. The maximum atomic E-state index is 5.40. The number of pyridine rings is 1. The first-order chi connectivity index (χ1) is 8.83. The van der Waals surface area contributed by atoms with Crippen molar-refractivity contribution in [2.24, 2.45) is 5.41 Å². The first-order valence-corrected chi connectivity index (χ1v) is 6.89. The summed E-state index contributed by atoms with van der Waals surface area (Å²) >= 11 is 0. The fourth-order valence-electron chi connectivity index (χ4n) is 3.09. The summed E-state index contributed by atoms with van der Waals surface area (Å²) in [6, 6.07) is 3.89. The van der Waals surface area contributed by atoms with Crippen LogP contribution in [0.4, 0.5) is 5.82 Å². The number of nitrogens with one attached hydrogen (secondary N) is 1. The summed E-state index contributed by atoms with van der Waals surface area (Å²) in [6.45, 7) is 3.33. The quantitative estimate of drug-likeness (QED) is 0.875. The average molecular weight is 244 g/mol. The van der Waals surface area contributed by atoms with Gasteiger partial charge in [-0.1, -0.05) is 19.8 Å². The van der Waals surface area contributed by atoms with Crippen molar-refractivity contribution in [2.75, 3.05) is 11.9 Å². The Bertz CT molecular complexity index is 526. The lowest BCUT2D eigenvalue weighted by Gasteiger charge is -2.28. The highest BCUT2D eigenvalue weighted by Gasteiger charge is 2.31. The molecule has 2 aromatic heterocycles. The van der Waals surface area contributed by atoms with E-state index in [1.54, 1.807) is 12.5 Å². The van der Waals surface area contributed by atoms with E-state index in [1.807, 2.05) is 12.1 Å². The highest BCUT2D eigenvalue weighted by molar-refractivity contribution is 5.87. The molecular formula is C15H20N2O. The molecule has 1 N–H and O–H groups in total. The van der Waals surface area contributed by atoms with Crippen LogP contribution < -0.4 is 5.32 Å². The van der Waals surface area contributed by atoms with Crippen LogP contribution in [0.15, 0.2) is 29.0 Å². The normalized spacial score (nSPS) is 18.3. The summed E-state index contributed by atoms with van der Waals surface area (Å²) in [5, 5.41) is 4.62. The van der Waals surface area contributed by atoms with Crippen LogP contribution in [0.25, 0.3) is 11.0 Å². The summed E-state index contributed by atoms with van der Waals surface area (Å²) in [5.41, 5.74) is 1.39. The summed E-state index contributed by atoms with van der Waals surface area (Å²) in [7, 11) is 0. The van der Waals surface area contributed by atoms with Gasteiger partial charge in [-0.25, -0.2) is 4.98 Å². The number of hydrogen-bond donors (Lipinski definition) is 1. The molecule has 3 heteroatoms. The van der Waals surface area contributed by atoms with Gasteiger partial charge < -0.3 is 9.73 Å². The van der Waals surface area contributed by atoms with E-state index in [0.29, 0.717) is 5.41 Å². The molecule has 96 valence electrons. The highest BCUT2D eigenvalue weighted by atomic mass is 16.3. The van der Waals surface area contributed by atoms with Crippen LogP contribution in [0.5, 0.6) is 0 Å². The molecule has 3 nitrogen and oxygen atoms in total. The molecule has 0 aromatic carbocycles. The minimum atomic E-state index is 0.480. The molecule has 1 aliphatic rings. The van der Waals surface area contributed by atoms with Gasteiger partial charge in [0.25, 0.3) is 0 Å². The Kier molecular flexibility index (Phi) is 2.98. The molecule has 3 rings (SSSR count). The Morgan fingerprint density at radius 2 is 2.17 bits per heavy atom. The monoisotopic (exact) mass is 244 g/mol. The van der Waals surface area contributed by atoms with Crippen molar-refractivity contribution >= 4 is 16.8 Å². The number of furan rings is 1. The molecule has 18 heavy (non-hydrogen) atoms. The molecule has 2 heterocycles. The smallest absolute Gasteiger partial charge is 0.139 e. The highest BCUT2D eigenvalue weighted by Crippen LogP contribution is 2.41. The Labute approximate surface area is 108 Å². The third kappa shape index (κ3) is 1.98. The molecule has 0 atom stereocenters. The molecular weight excluding hydrogens is 224 g/mol. The largest absolute Gasteiger partial charge is 0.464 e. The van der Waals surface area contributed by atoms with Crippen molar-refractivity contribution in [2.45, 2.75) is 39.0 Å². The van der Waals surface area contributed by atoms with Gasteiger partial charge in [0, 0.05) is 12.7 Å². The fourth-order valence-corrected chi connectivity index (χ4v) is 3.09. The topological polar surface area (TPSA) is 38.1 Å². The Hall–Kier alpha value is -1.51. The number of aromatic nitrogens is 1. The van der Waals surface area contributed by atoms with E-state index in [2.05, 4.69) is 17.2 Å². The van der Waals surface area contributed by atoms with E-state index in [1.165, 1.54) is 32.1 Å². The molecule has 0 amide bonds. The van der Waals surface area contributed by atoms with Crippen molar-refractivity contribution in [1.29, 1.82) is 0 Å². The maximum Gasteiger partial charge on any atom is 0.139 e. The van der Waals surface area contributed by atoms with Crippen LogP contribution in [-0.4, -0.2) is 11.5 Å². The van der Waals surface area contributed by atoms with Gasteiger partial charge in [0.15, 0.2) is 0 Å². The van der Waals surface area contributed by atoms with E-state index < -0.39 is 0 Å². The van der Waals surface area contributed by atoms with Gasteiger partial charge >= 0.3 is 0 Å². The summed E-state index contributed by atoms with van der Waals surface area (Å²) in [4.78, 5) is 4.43. The van der Waals surface area contributed by atoms with Gasteiger partial charge in [-0.15, -0.1) is 0 Å². The standard InChI is InChI=1S/C15H20N2O/c1-2-15(7-3-4-8-15)11-17-14-12-6-10-18-13(12)5-9-16-14/h5-6,9-10H,2-4,7-8,11H2,1H3,(H,16,17). The van der Waals surface area contributed by atoms with Crippen LogP contribution in [0.1, 0.15) is 39.0 Å². The Balaban J connectivity index is 1.78. The van der Waals surface area contributed by atoms with Gasteiger partial charge in [-0.05, 0) is 36.8 Å². The lowest BCUT2D eigenvalue weighted by Crippen LogP contribution is -2.26. The third-order valence-corrected chi connectivity index (χ3v) is 4.42. The van der Waals surface area contributed by atoms with E-state index in [-0.39, 0.29) is 0 Å². The molecule has 1 fully saturated rings. The van der Waals surface area contributed by atoms with E-state index in [4.69, 9.17) is 4.42 Å². The van der Waals surface area contributed by atoms with Crippen molar-refractivity contribution < 1.29 is 4.42 Å². The van der Waals surface area contributed by atoms with Crippen LogP contribution in [0.3, 0.4) is 0 Å². The first kappa shape index (κ1) is 11.6.